The van der Waals surface area contributed by atoms with Crippen LogP contribution in [0.2, 0.25) is 0 Å². The summed E-state index contributed by atoms with van der Waals surface area (Å²) in [7, 11) is 1.53. The fraction of sp³-hybridized carbons (Fsp3) is 0.542. The number of piperidine rings is 1. The van der Waals surface area contributed by atoms with Gasteiger partial charge in [0.1, 0.15) is 5.56 Å². The van der Waals surface area contributed by atoms with E-state index in [4.69, 9.17) is 4.74 Å². The molecule has 0 bridgehead atoms. The van der Waals surface area contributed by atoms with E-state index in [1.54, 1.807) is 29.7 Å². The summed E-state index contributed by atoms with van der Waals surface area (Å²) in [5.74, 6) is 0.802. The third-order valence-electron chi connectivity index (χ3n) is 7.37. The molecule has 3 fully saturated rings. The zero-order valence-corrected chi connectivity index (χ0v) is 19.4. The molecule has 1 saturated carbocycles. The number of methoxy groups -OCH3 is 1. The van der Waals surface area contributed by atoms with E-state index >= 15 is 0 Å². The first-order valence-electron chi connectivity index (χ1n) is 11.4. The Hall–Kier alpha value is -2.45. The van der Waals surface area contributed by atoms with Crippen LogP contribution in [0.1, 0.15) is 34.5 Å². The minimum absolute atomic E-state index is 0.0322. The van der Waals surface area contributed by atoms with Gasteiger partial charge in [0.25, 0.3) is 5.91 Å². The van der Waals surface area contributed by atoms with E-state index in [1.807, 2.05) is 4.90 Å². The van der Waals surface area contributed by atoms with Gasteiger partial charge in [-0.05, 0) is 48.3 Å². The molecule has 1 aliphatic carbocycles. The predicted molar refractivity (Wildman–Crippen MR) is 123 cm³/mol. The van der Waals surface area contributed by atoms with Crippen LogP contribution in [-0.4, -0.2) is 77.9 Å². The first-order valence-corrected chi connectivity index (χ1v) is 12.3. The van der Waals surface area contributed by atoms with Gasteiger partial charge in [0.2, 0.25) is 11.8 Å². The molecule has 3 aliphatic rings. The van der Waals surface area contributed by atoms with E-state index in [0.717, 1.165) is 52.0 Å². The Morgan fingerprint density at radius 3 is 2.56 bits per heavy atom. The highest BCUT2D eigenvalue weighted by Crippen LogP contribution is 2.60. The molecule has 170 valence electrons. The molecule has 2 amide bonds. The highest BCUT2D eigenvalue weighted by Gasteiger charge is 2.59. The molecular formula is C24H30N4O3S. The van der Waals surface area contributed by atoms with Crippen molar-refractivity contribution in [3.63, 3.8) is 0 Å². The fourth-order valence-electron chi connectivity index (χ4n) is 5.26. The Bertz CT molecular complexity index is 963. The number of nitrogens with zero attached hydrogens (tertiary/aromatic N) is 4. The molecule has 2 aliphatic heterocycles. The number of carbonyl (C=O) groups excluding carboxylic acids is 2. The van der Waals surface area contributed by atoms with Gasteiger partial charge >= 0.3 is 0 Å². The molecule has 0 N–H and O–H groups in total. The quantitative estimate of drug-likeness (QED) is 0.695. The summed E-state index contributed by atoms with van der Waals surface area (Å²) in [6, 6.07) is 7.80. The number of hydrogen-bond acceptors (Lipinski definition) is 6. The van der Waals surface area contributed by atoms with Gasteiger partial charge in [0.05, 0.1) is 7.11 Å². The number of thiophene rings is 1. The molecule has 1 unspecified atom stereocenters. The van der Waals surface area contributed by atoms with E-state index in [0.29, 0.717) is 30.4 Å². The first-order chi connectivity index (χ1) is 15.6. The number of rotatable bonds is 5. The predicted octanol–water partition coefficient (Wildman–Crippen LogP) is 2.74. The van der Waals surface area contributed by atoms with Crippen LogP contribution in [0.25, 0.3) is 0 Å². The van der Waals surface area contributed by atoms with E-state index < -0.39 is 0 Å². The molecule has 0 radical (unpaired) electrons. The summed E-state index contributed by atoms with van der Waals surface area (Å²) in [6.07, 6.45) is 4.40. The number of carbonyl (C=O) groups is 2. The minimum atomic E-state index is -0.0322. The fourth-order valence-corrected chi connectivity index (χ4v) is 6.01. The van der Waals surface area contributed by atoms with Crippen molar-refractivity contribution >= 4 is 23.2 Å². The largest absolute Gasteiger partial charge is 0.480 e. The lowest BCUT2D eigenvalue weighted by Crippen LogP contribution is -2.49. The SMILES string of the molecule is COc1ncccc1C(=O)N1CCC2(CC1)CC2C(=O)N1CCN(Cc2cccs2)CC1. The Balaban J connectivity index is 1.12. The second-order valence-corrected chi connectivity index (χ2v) is 10.2. The number of hydrogen-bond donors (Lipinski definition) is 0. The van der Waals surface area contributed by atoms with Crippen LogP contribution < -0.4 is 4.74 Å². The van der Waals surface area contributed by atoms with Crippen molar-refractivity contribution in [1.29, 1.82) is 0 Å². The Labute approximate surface area is 193 Å². The lowest BCUT2D eigenvalue weighted by Gasteiger charge is -2.36. The number of ether oxygens (including phenoxy) is 1. The first kappa shape index (κ1) is 21.4. The summed E-state index contributed by atoms with van der Waals surface area (Å²) < 4.78 is 5.25. The van der Waals surface area contributed by atoms with E-state index in [-0.39, 0.29) is 17.2 Å². The average molecular weight is 455 g/mol. The third-order valence-corrected chi connectivity index (χ3v) is 8.23. The Morgan fingerprint density at radius 2 is 1.88 bits per heavy atom. The van der Waals surface area contributed by atoms with E-state index in [2.05, 4.69) is 32.3 Å². The van der Waals surface area contributed by atoms with E-state index in [9.17, 15) is 9.59 Å². The normalized spacial score (nSPS) is 22.7. The van der Waals surface area contributed by atoms with Crippen LogP contribution in [0.4, 0.5) is 0 Å². The second-order valence-electron chi connectivity index (χ2n) is 9.15. The minimum Gasteiger partial charge on any atom is -0.480 e. The Kier molecular flexibility index (Phi) is 5.90. The molecule has 0 aromatic carbocycles. The molecule has 2 aromatic rings. The third kappa shape index (κ3) is 4.13. The molecule has 2 aromatic heterocycles. The maximum Gasteiger partial charge on any atom is 0.259 e. The van der Waals surface area contributed by atoms with Crippen molar-refractivity contribution in [2.45, 2.75) is 25.8 Å². The standard InChI is InChI=1S/C24H30N4O3S/c1-31-21-19(5-2-8-25-21)22(29)27-9-6-24(7-10-27)16-20(24)23(30)28-13-11-26(12-14-28)17-18-4-3-15-32-18/h2-5,8,15,20H,6-7,9-14,16-17H2,1H3. The van der Waals surface area contributed by atoms with Crippen LogP contribution in [0.15, 0.2) is 35.8 Å². The van der Waals surface area contributed by atoms with Gasteiger partial charge in [-0.25, -0.2) is 4.98 Å². The highest BCUT2D eigenvalue weighted by atomic mass is 32.1. The van der Waals surface area contributed by atoms with Gasteiger partial charge in [0, 0.05) is 62.8 Å². The van der Waals surface area contributed by atoms with Crippen molar-refractivity contribution in [2.75, 3.05) is 46.4 Å². The summed E-state index contributed by atoms with van der Waals surface area (Å²) >= 11 is 1.80. The van der Waals surface area contributed by atoms with E-state index in [1.165, 1.54) is 12.0 Å². The van der Waals surface area contributed by atoms with Crippen molar-refractivity contribution in [3.8, 4) is 5.88 Å². The van der Waals surface area contributed by atoms with Crippen LogP contribution in [0.3, 0.4) is 0 Å². The van der Waals surface area contributed by atoms with Gasteiger partial charge < -0.3 is 14.5 Å². The van der Waals surface area contributed by atoms with Crippen LogP contribution in [0.5, 0.6) is 5.88 Å². The molecule has 2 saturated heterocycles. The zero-order chi connectivity index (χ0) is 22.1. The lowest BCUT2D eigenvalue weighted by molar-refractivity contribution is -0.135. The summed E-state index contributed by atoms with van der Waals surface area (Å²) in [6.45, 7) is 5.89. The number of aromatic nitrogens is 1. The molecule has 4 heterocycles. The summed E-state index contributed by atoms with van der Waals surface area (Å²) in [5.41, 5.74) is 0.607. The van der Waals surface area contributed by atoms with Crippen LogP contribution in [-0.2, 0) is 11.3 Å². The lowest BCUT2D eigenvalue weighted by atomic mass is 9.90. The summed E-state index contributed by atoms with van der Waals surface area (Å²) in [5, 5.41) is 2.12. The molecule has 32 heavy (non-hydrogen) atoms. The van der Waals surface area contributed by atoms with Gasteiger partial charge in [-0.1, -0.05) is 6.07 Å². The number of likely N-dealkylation sites (tertiary alicyclic amines) is 1. The molecule has 7 nitrogen and oxygen atoms in total. The van der Waals surface area contributed by atoms with Gasteiger partial charge in [-0.3, -0.25) is 14.5 Å². The monoisotopic (exact) mass is 454 g/mol. The van der Waals surface area contributed by atoms with Crippen LogP contribution in [0, 0.1) is 11.3 Å². The van der Waals surface area contributed by atoms with Gasteiger partial charge in [0.15, 0.2) is 0 Å². The topological polar surface area (TPSA) is 66.0 Å². The maximum atomic E-state index is 13.2. The number of amides is 2. The van der Waals surface area contributed by atoms with Gasteiger partial charge in [-0.15, -0.1) is 11.3 Å². The number of pyridine rings is 1. The molecule has 1 atom stereocenters. The number of piperazine rings is 1. The van der Waals surface area contributed by atoms with Crippen molar-refractivity contribution in [3.05, 3.63) is 46.3 Å². The smallest absolute Gasteiger partial charge is 0.259 e. The van der Waals surface area contributed by atoms with Crippen molar-refractivity contribution < 1.29 is 14.3 Å². The zero-order valence-electron chi connectivity index (χ0n) is 18.5. The average Bonchev–Trinajstić information content (AvgIpc) is 3.27. The molecule has 8 heteroatoms. The summed E-state index contributed by atoms with van der Waals surface area (Å²) in [4.78, 5) is 38.1. The highest BCUT2D eigenvalue weighted by molar-refractivity contribution is 7.09. The molecular weight excluding hydrogens is 424 g/mol. The maximum absolute atomic E-state index is 13.2. The van der Waals surface area contributed by atoms with Gasteiger partial charge in [-0.2, -0.15) is 0 Å². The Morgan fingerprint density at radius 1 is 1.09 bits per heavy atom. The second kappa shape index (κ2) is 8.83. The molecule has 1 spiro atoms. The van der Waals surface area contributed by atoms with Crippen LogP contribution >= 0.6 is 11.3 Å². The van der Waals surface area contributed by atoms with Crippen molar-refractivity contribution in [2.24, 2.45) is 11.3 Å². The van der Waals surface area contributed by atoms with Crippen molar-refractivity contribution in [1.82, 2.24) is 19.7 Å². The molecule has 5 rings (SSSR count).